The van der Waals surface area contributed by atoms with Crippen molar-refractivity contribution in [1.82, 2.24) is 4.31 Å². The van der Waals surface area contributed by atoms with E-state index in [2.05, 4.69) is 5.32 Å². The Kier molecular flexibility index (Phi) is 5.74. The molecule has 1 N–H and O–H groups in total. The monoisotopic (exact) mass is 424 g/mol. The molecule has 0 radical (unpaired) electrons. The molecule has 1 fully saturated rings. The summed E-state index contributed by atoms with van der Waals surface area (Å²) in [6.45, 7) is 2.80. The van der Waals surface area contributed by atoms with Crippen molar-refractivity contribution in [2.75, 3.05) is 18.4 Å². The highest BCUT2D eigenvalue weighted by Crippen LogP contribution is 2.26. The zero-order valence-corrected chi connectivity index (χ0v) is 17.6. The molecule has 1 aliphatic heterocycles. The molecule has 0 saturated carbocycles. The van der Waals surface area contributed by atoms with E-state index in [1.807, 2.05) is 42.5 Å². The van der Waals surface area contributed by atoms with E-state index in [0.717, 1.165) is 23.6 Å². The maximum absolute atomic E-state index is 12.6. The maximum atomic E-state index is 12.6. The third kappa shape index (κ3) is 4.17. The summed E-state index contributed by atoms with van der Waals surface area (Å²) in [5.41, 5.74) is 0.522. The van der Waals surface area contributed by atoms with Crippen molar-refractivity contribution in [3.63, 3.8) is 0 Å². The average molecular weight is 425 g/mol. The molecule has 3 aromatic rings. The third-order valence-electron chi connectivity index (χ3n) is 5.25. The molecule has 1 aliphatic rings. The molecule has 7 heteroatoms. The molecule has 0 bridgehead atoms. The minimum absolute atomic E-state index is 0.238. The van der Waals surface area contributed by atoms with E-state index in [4.69, 9.17) is 4.74 Å². The van der Waals surface area contributed by atoms with Gasteiger partial charge in [-0.25, -0.2) is 8.42 Å². The highest BCUT2D eigenvalue weighted by molar-refractivity contribution is 7.89. The van der Waals surface area contributed by atoms with Crippen molar-refractivity contribution >= 4 is 32.4 Å². The van der Waals surface area contributed by atoms with Gasteiger partial charge in [0.15, 0.2) is 6.10 Å². The number of sulfonamides is 1. The Morgan fingerprint density at radius 2 is 1.63 bits per heavy atom. The first-order chi connectivity index (χ1) is 14.4. The number of hydrogen-bond donors (Lipinski definition) is 1. The van der Waals surface area contributed by atoms with Crippen molar-refractivity contribution in [2.24, 2.45) is 0 Å². The van der Waals surface area contributed by atoms with Crippen LogP contribution in [0.2, 0.25) is 0 Å². The molecule has 1 heterocycles. The van der Waals surface area contributed by atoms with Crippen LogP contribution in [-0.4, -0.2) is 37.8 Å². The number of rotatable bonds is 6. The Labute approximate surface area is 176 Å². The number of carbonyl (C=O) groups excluding carboxylic acids is 1. The van der Waals surface area contributed by atoms with E-state index < -0.39 is 16.1 Å². The van der Waals surface area contributed by atoms with Crippen LogP contribution in [0.3, 0.4) is 0 Å². The number of nitrogens with zero attached hydrogens (tertiary/aromatic N) is 1. The molecule has 0 spiro atoms. The number of ether oxygens (including phenoxy) is 1. The lowest BCUT2D eigenvalue weighted by molar-refractivity contribution is -0.122. The van der Waals surface area contributed by atoms with Crippen LogP contribution < -0.4 is 10.1 Å². The highest BCUT2D eigenvalue weighted by atomic mass is 32.2. The van der Waals surface area contributed by atoms with E-state index in [1.54, 1.807) is 19.1 Å². The molecule has 30 heavy (non-hydrogen) atoms. The summed E-state index contributed by atoms with van der Waals surface area (Å²) in [5.74, 6) is 0.334. The van der Waals surface area contributed by atoms with E-state index in [0.29, 0.717) is 24.5 Å². The van der Waals surface area contributed by atoms with E-state index in [1.165, 1.54) is 16.4 Å². The minimum atomic E-state index is -3.47. The van der Waals surface area contributed by atoms with E-state index >= 15 is 0 Å². The van der Waals surface area contributed by atoms with Crippen LogP contribution in [0.4, 0.5) is 5.69 Å². The number of hydrogen-bond acceptors (Lipinski definition) is 4. The summed E-state index contributed by atoms with van der Waals surface area (Å²) in [6, 6.07) is 19.8. The van der Waals surface area contributed by atoms with Crippen LogP contribution in [0.25, 0.3) is 10.8 Å². The molecule has 3 aromatic carbocycles. The summed E-state index contributed by atoms with van der Waals surface area (Å²) in [4.78, 5) is 12.8. The minimum Gasteiger partial charge on any atom is -0.480 e. The smallest absolute Gasteiger partial charge is 0.265 e. The van der Waals surface area contributed by atoms with Crippen LogP contribution in [-0.2, 0) is 14.8 Å². The van der Waals surface area contributed by atoms with Gasteiger partial charge < -0.3 is 10.1 Å². The lowest BCUT2D eigenvalue weighted by atomic mass is 10.1. The Bertz CT molecular complexity index is 1150. The molecule has 6 nitrogen and oxygen atoms in total. The average Bonchev–Trinajstić information content (AvgIpc) is 3.30. The van der Waals surface area contributed by atoms with Gasteiger partial charge >= 0.3 is 0 Å². The van der Waals surface area contributed by atoms with Gasteiger partial charge in [0.1, 0.15) is 5.75 Å². The Hall–Kier alpha value is -2.90. The first-order valence-electron chi connectivity index (χ1n) is 10.0. The largest absolute Gasteiger partial charge is 0.480 e. The molecular formula is C23H24N2O4S. The summed E-state index contributed by atoms with van der Waals surface area (Å²) < 4.78 is 32.6. The van der Waals surface area contributed by atoms with Crippen LogP contribution in [0, 0.1) is 0 Å². The number of anilines is 1. The number of amides is 1. The van der Waals surface area contributed by atoms with Crippen LogP contribution in [0.15, 0.2) is 71.6 Å². The van der Waals surface area contributed by atoms with Gasteiger partial charge in [-0.05, 0) is 55.5 Å². The Morgan fingerprint density at radius 3 is 2.37 bits per heavy atom. The first kappa shape index (κ1) is 20.4. The van der Waals surface area contributed by atoms with Gasteiger partial charge in [0.05, 0.1) is 4.90 Å². The fraction of sp³-hybridized carbons (Fsp3) is 0.261. The second-order valence-corrected chi connectivity index (χ2v) is 9.30. The van der Waals surface area contributed by atoms with Crippen LogP contribution >= 0.6 is 0 Å². The third-order valence-corrected chi connectivity index (χ3v) is 7.16. The lowest BCUT2D eigenvalue weighted by Gasteiger charge is -2.17. The Balaban J connectivity index is 1.43. The SMILES string of the molecule is C[C@@H](Oc1cccc2ccccc12)C(=O)Nc1ccc(S(=O)(=O)N2CCCC2)cc1. The molecule has 0 aromatic heterocycles. The molecular weight excluding hydrogens is 400 g/mol. The number of fused-ring (bicyclic) bond motifs is 1. The lowest BCUT2D eigenvalue weighted by Crippen LogP contribution is -2.30. The molecule has 1 saturated heterocycles. The number of benzene rings is 3. The highest BCUT2D eigenvalue weighted by Gasteiger charge is 2.27. The molecule has 0 aliphatic carbocycles. The molecule has 4 rings (SSSR count). The molecule has 1 atom stereocenters. The van der Waals surface area contributed by atoms with Crippen LogP contribution in [0.1, 0.15) is 19.8 Å². The maximum Gasteiger partial charge on any atom is 0.265 e. The van der Waals surface area contributed by atoms with Crippen molar-refractivity contribution in [3.8, 4) is 5.75 Å². The van der Waals surface area contributed by atoms with Crippen molar-refractivity contribution in [1.29, 1.82) is 0 Å². The summed E-state index contributed by atoms with van der Waals surface area (Å²) in [7, 11) is -3.47. The first-order valence-corrected chi connectivity index (χ1v) is 11.4. The van der Waals surface area contributed by atoms with Gasteiger partial charge in [0.25, 0.3) is 5.91 Å². The van der Waals surface area contributed by atoms with Crippen molar-refractivity contribution in [2.45, 2.75) is 30.8 Å². The Morgan fingerprint density at radius 1 is 0.967 bits per heavy atom. The summed E-state index contributed by atoms with van der Waals surface area (Å²) in [6.07, 6.45) is 1.06. The predicted molar refractivity (Wildman–Crippen MR) is 117 cm³/mol. The van der Waals surface area contributed by atoms with Crippen molar-refractivity contribution < 1.29 is 17.9 Å². The quantitative estimate of drug-likeness (QED) is 0.648. The second-order valence-electron chi connectivity index (χ2n) is 7.36. The molecule has 0 unspecified atom stereocenters. The van der Waals surface area contributed by atoms with Crippen LogP contribution in [0.5, 0.6) is 5.75 Å². The van der Waals surface area contributed by atoms with E-state index in [9.17, 15) is 13.2 Å². The zero-order chi connectivity index (χ0) is 21.1. The standard InChI is InChI=1S/C23H24N2O4S/c1-17(29-22-10-6-8-18-7-2-3-9-21(18)22)23(26)24-19-11-13-20(14-12-19)30(27,28)25-15-4-5-16-25/h2-3,6-14,17H,4-5,15-16H2,1H3,(H,24,26)/t17-/m1/s1. The normalized spacial score (nSPS) is 15.8. The topological polar surface area (TPSA) is 75.7 Å². The van der Waals surface area contributed by atoms with Gasteiger partial charge in [0, 0.05) is 24.2 Å². The fourth-order valence-electron chi connectivity index (χ4n) is 3.57. The number of nitrogens with one attached hydrogen (secondary N) is 1. The zero-order valence-electron chi connectivity index (χ0n) is 16.7. The summed E-state index contributed by atoms with van der Waals surface area (Å²) >= 11 is 0. The number of carbonyl (C=O) groups is 1. The van der Waals surface area contributed by atoms with Gasteiger partial charge in [-0.1, -0.05) is 36.4 Å². The molecule has 1 amide bonds. The van der Waals surface area contributed by atoms with Gasteiger partial charge in [-0.3, -0.25) is 4.79 Å². The fourth-order valence-corrected chi connectivity index (χ4v) is 5.09. The predicted octanol–water partition coefficient (Wildman–Crippen LogP) is 4.03. The van der Waals surface area contributed by atoms with Gasteiger partial charge in [0.2, 0.25) is 10.0 Å². The van der Waals surface area contributed by atoms with Gasteiger partial charge in [-0.2, -0.15) is 4.31 Å². The summed E-state index contributed by atoms with van der Waals surface area (Å²) in [5, 5.41) is 4.77. The van der Waals surface area contributed by atoms with Gasteiger partial charge in [-0.15, -0.1) is 0 Å². The molecule has 156 valence electrons. The van der Waals surface area contributed by atoms with Crippen molar-refractivity contribution in [3.05, 3.63) is 66.7 Å². The van der Waals surface area contributed by atoms with E-state index in [-0.39, 0.29) is 10.8 Å². The second kappa shape index (κ2) is 8.45.